The molecule has 0 aliphatic carbocycles. The highest BCUT2D eigenvalue weighted by Crippen LogP contribution is 2.19. The molecule has 0 aliphatic heterocycles. The van der Waals surface area contributed by atoms with Gasteiger partial charge in [-0.05, 0) is 25.0 Å². The molecule has 2 aromatic rings. The van der Waals surface area contributed by atoms with Crippen LogP contribution in [0, 0.1) is 12.7 Å². The maximum absolute atomic E-state index is 13.5. The van der Waals surface area contributed by atoms with Gasteiger partial charge in [0.1, 0.15) is 11.6 Å². The van der Waals surface area contributed by atoms with Gasteiger partial charge in [0.2, 0.25) is 0 Å². The van der Waals surface area contributed by atoms with Gasteiger partial charge in [-0.1, -0.05) is 19.1 Å². The number of rotatable bonds is 2. The molecule has 4 heteroatoms. The zero-order valence-electron chi connectivity index (χ0n) is 9.87. The molecule has 0 fully saturated rings. The van der Waals surface area contributed by atoms with Gasteiger partial charge in [0.25, 0.3) is 0 Å². The molecule has 17 heavy (non-hydrogen) atoms. The van der Waals surface area contributed by atoms with Gasteiger partial charge in [-0.15, -0.1) is 0 Å². The van der Waals surface area contributed by atoms with Crippen LogP contribution in [0.5, 0.6) is 0 Å². The quantitative estimate of drug-likeness (QED) is 0.864. The van der Waals surface area contributed by atoms with Crippen LogP contribution in [0.15, 0.2) is 24.3 Å². The van der Waals surface area contributed by atoms with Gasteiger partial charge >= 0.3 is 0 Å². The van der Waals surface area contributed by atoms with Gasteiger partial charge in [-0.3, -0.25) is 0 Å². The summed E-state index contributed by atoms with van der Waals surface area (Å²) in [5.74, 6) is 0.625. The summed E-state index contributed by atoms with van der Waals surface area (Å²) in [5.41, 5.74) is 7.80. The average molecular weight is 231 g/mol. The van der Waals surface area contributed by atoms with Gasteiger partial charge in [0, 0.05) is 17.3 Å². The first-order valence-electron chi connectivity index (χ1n) is 5.50. The van der Waals surface area contributed by atoms with Crippen LogP contribution in [0.1, 0.15) is 18.2 Å². The van der Waals surface area contributed by atoms with E-state index in [4.69, 9.17) is 5.73 Å². The second kappa shape index (κ2) is 4.49. The Labute approximate surface area is 99.5 Å². The smallest absolute Gasteiger partial charge is 0.161 e. The van der Waals surface area contributed by atoms with Crippen molar-refractivity contribution < 1.29 is 4.39 Å². The molecule has 2 N–H and O–H groups in total. The van der Waals surface area contributed by atoms with E-state index in [0.29, 0.717) is 22.8 Å². The Morgan fingerprint density at radius 3 is 2.65 bits per heavy atom. The first-order valence-corrected chi connectivity index (χ1v) is 5.50. The van der Waals surface area contributed by atoms with E-state index < -0.39 is 0 Å². The van der Waals surface area contributed by atoms with Crippen LogP contribution >= 0.6 is 0 Å². The second-order valence-corrected chi connectivity index (χ2v) is 3.93. The van der Waals surface area contributed by atoms with E-state index >= 15 is 0 Å². The van der Waals surface area contributed by atoms with Crippen LogP contribution in [0.3, 0.4) is 0 Å². The minimum Gasteiger partial charge on any atom is -0.384 e. The van der Waals surface area contributed by atoms with Crippen molar-refractivity contribution in [2.45, 2.75) is 20.3 Å². The lowest BCUT2D eigenvalue weighted by Gasteiger charge is -2.05. The molecule has 1 aromatic carbocycles. The molecule has 0 atom stereocenters. The molecule has 1 heterocycles. The highest BCUT2D eigenvalue weighted by atomic mass is 19.1. The molecule has 1 aromatic heterocycles. The minimum absolute atomic E-state index is 0.258. The molecule has 88 valence electrons. The fraction of sp³-hybridized carbons (Fsp3) is 0.231. The largest absolute Gasteiger partial charge is 0.384 e. The molecule has 0 radical (unpaired) electrons. The summed E-state index contributed by atoms with van der Waals surface area (Å²) in [4.78, 5) is 8.46. The highest BCUT2D eigenvalue weighted by Gasteiger charge is 2.07. The molecule has 0 saturated carbocycles. The zero-order valence-corrected chi connectivity index (χ0v) is 9.87. The van der Waals surface area contributed by atoms with Gasteiger partial charge in [-0.25, -0.2) is 14.4 Å². The molecule has 0 bridgehead atoms. The van der Waals surface area contributed by atoms with Gasteiger partial charge in [-0.2, -0.15) is 0 Å². The van der Waals surface area contributed by atoms with Crippen molar-refractivity contribution in [2.24, 2.45) is 0 Å². The molecule has 3 nitrogen and oxygen atoms in total. The lowest BCUT2D eigenvalue weighted by Crippen LogP contribution is -2.00. The van der Waals surface area contributed by atoms with E-state index in [0.717, 1.165) is 12.1 Å². The Kier molecular flexibility index (Phi) is 3.04. The molecule has 0 unspecified atom stereocenters. The minimum atomic E-state index is -0.258. The third-order valence-electron chi connectivity index (χ3n) is 2.59. The number of anilines is 1. The second-order valence-electron chi connectivity index (χ2n) is 3.93. The number of nitrogens with zero attached hydrogens (tertiary/aromatic N) is 2. The SMILES string of the molecule is CCc1cc(N)nc(-c2ccc(C)c(F)c2)n1. The number of aryl methyl sites for hydroxylation is 2. The van der Waals surface area contributed by atoms with Crippen molar-refractivity contribution >= 4 is 5.82 Å². The van der Waals surface area contributed by atoms with Crippen molar-refractivity contribution in [1.82, 2.24) is 9.97 Å². The van der Waals surface area contributed by atoms with E-state index in [-0.39, 0.29) is 5.82 Å². The van der Waals surface area contributed by atoms with Gasteiger partial charge < -0.3 is 5.73 Å². The Hall–Kier alpha value is -1.97. The first kappa shape index (κ1) is 11.5. The number of nitrogens with two attached hydrogens (primary N) is 1. The molecule has 0 amide bonds. The van der Waals surface area contributed by atoms with E-state index in [1.54, 1.807) is 25.1 Å². The topological polar surface area (TPSA) is 51.8 Å². The van der Waals surface area contributed by atoms with Crippen LogP contribution in [-0.2, 0) is 6.42 Å². The van der Waals surface area contributed by atoms with E-state index in [2.05, 4.69) is 9.97 Å². The van der Waals surface area contributed by atoms with Crippen LogP contribution in [0.25, 0.3) is 11.4 Å². The average Bonchev–Trinajstić information content (AvgIpc) is 2.32. The summed E-state index contributed by atoms with van der Waals surface area (Å²) in [6.07, 6.45) is 0.772. The molecule has 2 rings (SSSR count). The third kappa shape index (κ3) is 2.41. The monoisotopic (exact) mass is 231 g/mol. The fourth-order valence-electron chi connectivity index (χ4n) is 1.56. The van der Waals surface area contributed by atoms with E-state index in [1.165, 1.54) is 6.07 Å². The summed E-state index contributed by atoms with van der Waals surface area (Å²) < 4.78 is 13.5. The van der Waals surface area contributed by atoms with E-state index in [9.17, 15) is 4.39 Å². The lowest BCUT2D eigenvalue weighted by molar-refractivity contribution is 0.619. The van der Waals surface area contributed by atoms with Crippen molar-refractivity contribution in [3.8, 4) is 11.4 Å². The summed E-state index contributed by atoms with van der Waals surface area (Å²) in [5, 5.41) is 0. The molecular weight excluding hydrogens is 217 g/mol. The van der Waals surface area contributed by atoms with Gasteiger partial charge in [0.05, 0.1) is 0 Å². The van der Waals surface area contributed by atoms with Crippen LogP contribution in [0.4, 0.5) is 10.2 Å². The zero-order chi connectivity index (χ0) is 12.4. The molecule has 0 saturated heterocycles. The van der Waals surface area contributed by atoms with Crippen LogP contribution in [-0.4, -0.2) is 9.97 Å². The van der Waals surface area contributed by atoms with Crippen LogP contribution in [0.2, 0.25) is 0 Å². The third-order valence-corrected chi connectivity index (χ3v) is 2.59. The van der Waals surface area contributed by atoms with Crippen molar-refractivity contribution in [3.05, 3.63) is 41.3 Å². The Morgan fingerprint density at radius 2 is 2.00 bits per heavy atom. The summed E-state index contributed by atoms with van der Waals surface area (Å²) in [6, 6.07) is 6.67. The van der Waals surface area contributed by atoms with Gasteiger partial charge in [0.15, 0.2) is 5.82 Å². The number of hydrogen-bond acceptors (Lipinski definition) is 3. The number of benzene rings is 1. The Bertz CT molecular complexity index is 552. The molecule has 0 spiro atoms. The predicted molar refractivity (Wildman–Crippen MR) is 66.0 cm³/mol. The van der Waals surface area contributed by atoms with Crippen LogP contribution < -0.4 is 5.73 Å². The summed E-state index contributed by atoms with van der Waals surface area (Å²) >= 11 is 0. The van der Waals surface area contributed by atoms with E-state index in [1.807, 2.05) is 6.92 Å². The first-order chi connectivity index (χ1) is 8.10. The van der Waals surface area contributed by atoms with Crippen molar-refractivity contribution in [1.29, 1.82) is 0 Å². The maximum Gasteiger partial charge on any atom is 0.161 e. The lowest BCUT2D eigenvalue weighted by atomic mass is 10.1. The fourth-order valence-corrected chi connectivity index (χ4v) is 1.56. The number of nitrogen functional groups attached to an aromatic ring is 1. The Morgan fingerprint density at radius 1 is 1.24 bits per heavy atom. The standard InChI is InChI=1S/C13H14FN3/c1-3-10-7-12(15)17-13(16-10)9-5-4-8(2)11(14)6-9/h4-7H,3H2,1-2H3,(H2,15,16,17). The molecular formula is C13H14FN3. The van der Waals surface area contributed by atoms with Crippen molar-refractivity contribution in [3.63, 3.8) is 0 Å². The summed E-state index contributed by atoms with van der Waals surface area (Å²) in [7, 11) is 0. The van der Waals surface area contributed by atoms with Crippen molar-refractivity contribution in [2.75, 3.05) is 5.73 Å². The number of halogens is 1. The predicted octanol–water partition coefficient (Wildman–Crippen LogP) is 2.74. The maximum atomic E-state index is 13.5. The normalized spacial score (nSPS) is 10.5. The summed E-state index contributed by atoms with van der Waals surface area (Å²) in [6.45, 7) is 3.71. The number of aromatic nitrogens is 2. The molecule has 0 aliphatic rings. The Balaban J connectivity index is 2.52. The highest BCUT2D eigenvalue weighted by molar-refractivity contribution is 5.57. The number of hydrogen-bond donors (Lipinski definition) is 1.